The third kappa shape index (κ3) is 3.85. The molecule has 0 spiro atoms. The summed E-state index contributed by atoms with van der Waals surface area (Å²) in [6, 6.07) is 6.57. The summed E-state index contributed by atoms with van der Waals surface area (Å²) in [4.78, 5) is 7.19. The van der Waals surface area contributed by atoms with Crippen LogP contribution in [0.1, 0.15) is 25.7 Å². The first-order valence-electron chi connectivity index (χ1n) is 8.90. The Bertz CT molecular complexity index is 678. The van der Waals surface area contributed by atoms with Gasteiger partial charge in [-0.2, -0.15) is 0 Å². The first-order valence-corrected chi connectivity index (χ1v) is 10.1. The molecule has 4 rings (SSSR count). The molecule has 0 bridgehead atoms. The summed E-state index contributed by atoms with van der Waals surface area (Å²) in [5, 5.41) is 5.67. The van der Waals surface area contributed by atoms with Crippen LogP contribution in [0, 0.1) is 5.92 Å². The number of piperidine rings is 1. The van der Waals surface area contributed by atoms with Gasteiger partial charge in [-0.15, -0.1) is 0 Å². The van der Waals surface area contributed by atoms with Crippen molar-refractivity contribution in [3.63, 3.8) is 0 Å². The Balaban J connectivity index is 1.30. The van der Waals surface area contributed by atoms with Gasteiger partial charge in [0, 0.05) is 37.3 Å². The molecule has 2 aliphatic rings. The monoisotopic (exact) mass is 365 g/mol. The zero-order valence-electron chi connectivity index (χ0n) is 13.8. The molecule has 2 fully saturated rings. The minimum Gasteiger partial charge on any atom is -0.381 e. The van der Waals surface area contributed by atoms with E-state index in [0.717, 1.165) is 48.5 Å². The van der Waals surface area contributed by atoms with Gasteiger partial charge in [0.05, 0.1) is 16.8 Å². The van der Waals surface area contributed by atoms with Gasteiger partial charge in [0.25, 0.3) is 0 Å². The Morgan fingerprint density at radius 3 is 2.96 bits per heavy atom. The van der Waals surface area contributed by atoms with Gasteiger partial charge < -0.3 is 15.0 Å². The molecule has 6 heteroatoms. The molecule has 24 heavy (non-hydrogen) atoms. The zero-order valence-corrected chi connectivity index (χ0v) is 15.4. The molecule has 3 heterocycles. The lowest BCUT2D eigenvalue weighted by Crippen LogP contribution is -2.44. The lowest BCUT2D eigenvalue weighted by atomic mass is 10.00. The highest BCUT2D eigenvalue weighted by atomic mass is 35.5. The molecule has 0 amide bonds. The Kier molecular flexibility index (Phi) is 5.22. The smallest absolute Gasteiger partial charge is 0.186 e. The minimum absolute atomic E-state index is 0.631. The Morgan fingerprint density at radius 2 is 2.17 bits per heavy atom. The number of halogens is 1. The van der Waals surface area contributed by atoms with E-state index in [1.165, 1.54) is 30.4 Å². The molecule has 0 unspecified atom stereocenters. The van der Waals surface area contributed by atoms with E-state index in [4.69, 9.17) is 21.3 Å². The molecule has 0 aliphatic carbocycles. The Morgan fingerprint density at radius 1 is 1.29 bits per heavy atom. The van der Waals surface area contributed by atoms with Crippen molar-refractivity contribution in [2.24, 2.45) is 5.92 Å². The summed E-state index contributed by atoms with van der Waals surface area (Å²) in [5.74, 6) is 0.700. The lowest BCUT2D eigenvalue weighted by molar-refractivity contribution is 0.0535. The summed E-state index contributed by atoms with van der Waals surface area (Å²) < 4.78 is 6.75. The second-order valence-corrected chi connectivity index (χ2v) is 8.31. The van der Waals surface area contributed by atoms with Crippen molar-refractivity contribution in [2.45, 2.75) is 31.7 Å². The summed E-state index contributed by atoms with van der Waals surface area (Å²) in [7, 11) is 0. The zero-order chi connectivity index (χ0) is 16.4. The van der Waals surface area contributed by atoms with Crippen molar-refractivity contribution >= 4 is 38.3 Å². The average Bonchev–Trinajstić information content (AvgIpc) is 3.04. The highest BCUT2D eigenvalue weighted by Crippen LogP contribution is 2.32. The van der Waals surface area contributed by atoms with E-state index >= 15 is 0 Å². The standard InChI is InChI=1S/C18H24ClN3OS/c19-14-3-4-16-17(10-14)24-18(21-16)22-7-5-15(6-8-22)20-11-13-2-1-9-23-12-13/h3-4,10,13,15,20H,1-2,5-9,11-12H2/t13-/m1/s1. The van der Waals surface area contributed by atoms with Crippen LogP contribution in [0.2, 0.25) is 5.02 Å². The van der Waals surface area contributed by atoms with Crippen LogP contribution in [-0.2, 0) is 4.74 Å². The van der Waals surface area contributed by atoms with Crippen LogP contribution in [0.15, 0.2) is 18.2 Å². The highest BCUT2D eigenvalue weighted by Gasteiger charge is 2.22. The third-order valence-corrected chi connectivity index (χ3v) is 6.37. The topological polar surface area (TPSA) is 37.4 Å². The molecule has 1 aromatic heterocycles. The average molecular weight is 366 g/mol. The van der Waals surface area contributed by atoms with Gasteiger partial charge in [-0.25, -0.2) is 4.98 Å². The second-order valence-electron chi connectivity index (χ2n) is 6.86. The first-order chi connectivity index (χ1) is 11.8. The lowest BCUT2D eigenvalue weighted by Gasteiger charge is -2.33. The normalized spacial score (nSPS) is 23.0. The molecule has 2 aromatic rings. The van der Waals surface area contributed by atoms with E-state index in [1.54, 1.807) is 11.3 Å². The summed E-state index contributed by atoms with van der Waals surface area (Å²) in [6.07, 6.45) is 4.89. The SMILES string of the molecule is Clc1ccc2nc(N3CCC(NC[C@H]4CCCOC4)CC3)sc2c1. The van der Waals surface area contributed by atoms with E-state index in [-0.39, 0.29) is 0 Å². The number of benzene rings is 1. The molecule has 2 saturated heterocycles. The van der Waals surface area contributed by atoms with E-state index in [1.807, 2.05) is 18.2 Å². The van der Waals surface area contributed by atoms with Crippen LogP contribution in [0.25, 0.3) is 10.2 Å². The summed E-state index contributed by atoms with van der Waals surface area (Å²) in [6.45, 7) is 5.13. The molecular formula is C18H24ClN3OS. The molecule has 130 valence electrons. The summed E-state index contributed by atoms with van der Waals surface area (Å²) in [5.41, 5.74) is 1.05. The third-order valence-electron chi connectivity index (χ3n) is 5.05. The predicted molar refractivity (Wildman–Crippen MR) is 101 cm³/mol. The predicted octanol–water partition coefficient (Wildman–Crippen LogP) is 3.93. The number of aromatic nitrogens is 1. The van der Waals surface area contributed by atoms with Gasteiger partial charge >= 0.3 is 0 Å². The number of rotatable bonds is 4. The molecule has 1 N–H and O–H groups in total. The number of hydrogen-bond acceptors (Lipinski definition) is 5. The number of anilines is 1. The Hall–Kier alpha value is -0.880. The van der Waals surface area contributed by atoms with E-state index in [2.05, 4.69) is 10.2 Å². The van der Waals surface area contributed by atoms with E-state index in [9.17, 15) is 0 Å². The van der Waals surface area contributed by atoms with Gasteiger partial charge in [0.1, 0.15) is 0 Å². The largest absolute Gasteiger partial charge is 0.381 e. The maximum atomic E-state index is 6.08. The molecule has 0 radical (unpaired) electrons. The number of nitrogens with zero attached hydrogens (tertiary/aromatic N) is 2. The van der Waals surface area contributed by atoms with Gasteiger partial charge in [-0.1, -0.05) is 22.9 Å². The van der Waals surface area contributed by atoms with Crippen LogP contribution >= 0.6 is 22.9 Å². The summed E-state index contributed by atoms with van der Waals surface area (Å²) >= 11 is 7.83. The van der Waals surface area contributed by atoms with Crippen molar-refractivity contribution in [3.05, 3.63) is 23.2 Å². The first kappa shape index (κ1) is 16.6. The van der Waals surface area contributed by atoms with E-state index in [0.29, 0.717) is 12.0 Å². The van der Waals surface area contributed by atoms with Gasteiger partial charge in [0.15, 0.2) is 5.13 Å². The molecule has 1 atom stereocenters. The molecule has 2 aliphatic heterocycles. The molecule has 1 aromatic carbocycles. The van der Waals surface area contributed by atoms with Gasteiger partial charge in [-0.05, 0) is 49.8 Å². The molecule has 0 saturated carbocycles. The fourth-order valence-corrected chi connectivity index (χ4v) is 4.89. The van der Waals surface area contributed by atoms with Crippen molar-refractivity contribution < 1.29 is 4.74 Å². The quantitative estimate of drug-likeness (QED) is 0.890. The maximum absolute atomic E-state index is 6.08. The van der Waals surface area contributed by atoms with Crippen LogP contribution in [0.5, 0.6) is 0 Å². The Labute approximate surface area is 152 Å². The molecular weight excluding hydrogens is 342 g/mol. The highest BCUT2D eigenvalue weighted by molar-refractivity contribution is 7.22. The number of nitrogens with one attached hydrogen (secondary N) is 1. The van der Waals surface area contributed by atoms with Gasteiger partial charge in [0.2, 0.25) is 0 Å². The van der Waals surface area contributed by atoms with Crippen molar-refractivity contribution in [3.8, 4) is 0 Å². The van der Waals surface area contributed by atoms with Crippen LogP contribution < -0.4 is 10.2 Å². The number of thiazole rings is 1. The maximum Gasteiger partial charge on any atom is 0.186 e. The van der Waals surface area contributed by atoms with E-state index < -0.39 is 0 Å². The fraction of sp³-hybridized carbons (Fsp3) is 0.611. The van der Waals surface area contributed by atoms with Crippen molar-refractivity contribution in [1.82, 2.24) is 10.3 Å². The minimum atomic E-state index is 0.631. The number of hydrogen-bond donors (Lipinski definition) is 1. The number of fused-ring (bicyclic) bond motifs is 1. The number of ether oxygens (including phenoxy) is 1. The van der Waals surface area contributed by atoms with Crippen LogP contribution in [-0.4, -0.2) is 43.9 Å². The second kappa shape index (κ2) is 7.56. The van der Waals surface area contributed by atoms with Gasteiger partial charge in [-0.3, -0.25) is 0 Å². The van der Waals surface area contributed by atoms with Crippen molar-refractivity contribution in [1.29, 1.82) is 0 Å². The molecule has 4 nitrogen and oxygen atoms in total. The van der Waals surface area contributed by atoms with Crippen LogP contribution in [0.3, 0.4) is 0 Å². The van der Waals surface area contributed by atoms with Crippen LogP contribution in [0.4, 0.5) is 5.13 Å². The van der Waals surface area contributed by atoms with Crippen molar-refractivity contribution in [2.75, 3.05) is 37.7 Å². The fourth-order valence-electron chi connectivity index (χ4n) is 3.60.